The molecule has 15 aromatic rings. The van der Waals surface area contributed by atoms with Crippen molar-refractivity contribution in [3.8, 4) is 33.4 Å². The second-order valence-corrected chi connectivity index (χ2v) is 40.1. The number of benzene rings is 15. The van der Waals surface area contributed by atoms with Crippen LogP contribution in [0, 0.1) is 0 Å². The first-order valence-electron chi connectivity index (χ1n) is 42.2. The van der Waals surface area contributed by atoms with E-state index in [1.54, 1.807) is 22.3 Å². The van der Waals surface area contributed by atoms with Crippen molar-refractivity contribution in [2.45, 2.75) is 159 Å². The lowest BCUT2D eigenvalue weighted by Crippen LogP contribution is -2.44. The monoisotopic (exact) mass is 1940 g/mol. The molecule has 0 amide bonds. The van der Waals surface area contributed by atoms with Crippen LogP contribution in [0.2, 0.25) is 0 Å². The van der Waals surface area contributed by atoms with Crippen LogP contribution in [0.3, 0.4) is 0 Å². The third-order valence-electron chi connectivity index (χ3n) is 27.7. The molecule has 15 aromatic carbocycles. The van der Waals surface area contributed by atoms with Crippen LogP contribution in [0.5, 0.6) is 0 Å². The van der Waals surface area contributed by atoms with Gasteiger partial charge in [-0.05, 0) is 345 Å². The first-order valence-corrected chi connectivity index (χ1v) is 47.0. The molecule has 10 heteroatoms. The number of anilines is 9. The molecule has 4 bridgehead atoms. The van der Waals surface area contributed by atoms with E-state index in [-0.39, 0.29) is 11.2 Å². The van der Waals surface area contributed by atoms with Gasteiger partial charge in [0.2, 0.25) is 0 Å². The number of hydrogen-bond donors (Lipinski definition) is 0. The number of hydrogen-bond acceptors (Lipinski definition) is 4. The van der Waals surface area contributed by atoms with Gasteiger partial charge in [-0.2, -0.15) is 0 Å². The average Bonchev–Trinajstić information content (AvgIpc) is 1.68. The van der Waals surface area contributed by atoms with Gasteiger partial charge < -0.3 is 19.4 Å². The molecule has 596 valence electrons. The van der Waals surface area contributed by atoms with E-state index in [0.717, 1.165) is 92.3 Å². The summed E-state index contributed by atoms with van der Waals surface area (Å²) < 4.78 is 13.5. The molecule has 119 heavy (non-hydrogen) atoms. The molecule has 0 spiro atoms. The van der Waals surface area contributed by atoms with E-state index in [9.17, 15) is 0 Å². The van der Waals surface area contributed by atoms with Crippen LogP contribution in [0.25, 0.3) is 65.7 Å². The van der Waals surface area contributed by atoms with Crippen molar-refractivity contribution in [1.29, 1.82) is 0 Å². The van der Waals surface area contributed by atoms with Crippen molar-refractivity contribution < 1.29 is 4.74 Å². The smallest absolute Gasteiger partial charge is 0.0942 e. The molecule has 0 radical (unpaired) electrons. The van der Waals surface area contributed by atoms with E-state index in [2.05, 4.69) is 475 Å². The quantitative estimate of drug-likeness (QED) is 0.0960. The van der Waals surface area contributed by atoms with Crippen molar-refractivity contribution in [2.75, 3.05) is 14.7 Å². The Morgan fingerprint density at radius 2 is 0.479 bits per heavy atom. The molecule has 2 fully saturated rings. The van der Waals surface area contributed by atoms with Gasteiger partial charge in [0.05, 0.1) is 28.3 Å². The van der Waals surface area contributed by atoms with E-state index >= 15 is 0 Å². The maximum Gasteiger partial charge on any atom is 0.0942 e. The molecule has 0 N–H and O–H groups in total. The predicted octanol–water partition coefficient (Wildman–Crippen LogP) is 35.4. The van der Waals surface area contributed by atoms with E-state index in [1.807, 2.05) is 0 Å². The lowest BCUT2D eigenvalue weighted by Gasteiger charge is -2.52. The lowest BCUT2D eigenvalue weighted by molar-refractivity contribution is -0.151. The van der Waals surface area contributed by atoms with Gasteiger partial charge in [-0.3, -0.25) is 0 Å². The summed E-state index contributed by atoms with van der Waals surface area (Å²) in [6.07, 6.45) is 13.0. The molecule has 0 saturated heterocycles. The summed E-state index contributed by atoms with van der Waals surface area (Å²) in [5.74, 6) is 0. The topological polar surface area (TPSA) is 19.0 Å². The zero-order chi connectivity index (χ0) is 82.3. The fourth-order valence-electron chi connectivity index (χ4n) is 20.9. The zero-order valence-electron chi connectivity index (χ0n) is 68.7. The molecular weight excluding hydrogens is 1850 g/mol. The minimum absolute atomic E-state index is 0.207. The Kier molecular flexibility index (Phi) is 22.3. The van der Waals surface area contributed by atoms with Gasteiger partial charge in [0.1, 0.15) is 0 Å². The largest absolute Gasteiger partial charge is 0.359 e. The van der Waals surface area contributed by atoms with Crippen LogP contribution in [0.4, 0.5) is 51.2 Å². The van der Waals surface area contributed by atoms with Crippen LogP contribution in [0.1, 0.15) is 159 Å². The molecule has 2 saturated carbocycles. The molecule has 5 aliphatic carbocycles. The van der Waals surface area contributed by atoms with Crippen LogP contribution in [-0.2, 0) is 37.6 Å². The van der Waals surface area contributed by atoms with Crippen LogP contribution in [-0.4, -0.2) is 0 Å². The summed E-state index contributed by atoms with van der Waals surface area (Å²) in [5, 5.41) is 7.51. The fourth-order valence-corrected chi connectivity index (χ4v) is 22.5. The molecule has 0 aromatic heterocycles. The van der Waals surface area contributed by atoms with Gasteiger partial charge >= 0.3 is 0 Å². The van der Waals surface area contributed by atoms with Crippen molar-refractivity contribution in [3.05, 3.63) is 370 Å². The second-order valence-electron chi connectivity index (χ2n) is 34.6. The molecule has 1 heterocycles. The number of fused-ring (bicyclic) bond motifs is 11. The number of halogens is 6. The summed E-state index contributed by atoms with van der Waals surface area (Å²) in [5.41, 5.74) is 27.9. The van der Waals surface area contributed by atoms with E-state index in [1.165, 1.54) is 133 Å². The maximum atomic E-state index is 7.03. The summed E-state index contributed by atoms with van der Waals surface area (Å²) in [6.45, 7) is 19.0. The molecule has 2 unspecified atom stereocenters. The van der Waals surface area contributed by atoms with E-state index in [4.69, 9.17) is 4.74 Å². The minimum atomic E-state index is -0.243. The summed E-state index contributed by atoms with van der Waals surface area (Å²) in [6, 6.07) is 113. The number of nitrogens with zero attached hydrogens (tertiary/aromatic N) is 3. The highest BCUT2D eigenvalue weighted by Gasteiger charge is 2.54. The third kappa shape index (κ3) is 14.8. The highest BCUT2D eigenvalue weighted by molar-refractivity contribution is 9.11. The first-order chi connectivity index (χ1) is 57.6. The summed E-state index contributed by atoms with van der Waals surface area (Å²) in [7, 11) is 0. The number of rotatable bonds is 16. The highest BCUT2D eigenvalue weighted by atomic mass is 79.9. The van der Waals surface area contributed by atoms with Gasteiger partial charge in [-0.15, -0.1) is 0 Å². The van der Waals surface area contributed by atoms with Gasteiger partial charge in [0.15, 0.2) is 0 Å². The molecule has 6 aliphatic rings. The Bertz CT molecular complexity index is 6190. The Hall–Kier alpha value is -8.68. The van der Waals surface area contributed by atoms with Crippen LogP contribution >= 0.6 is 95.6 Å². The van der Waals surface area contributed by atoms with Crippen LogP contribution in [0.15, 0.2) is 336 Å². The lowest BCUT2D eigenvalue weighted by atomic mass is 9.52. The maximum absolute atomic E-state index is 7.03. The first kappa shape index (κ1) is 81.3. The molecule has 21 rings (SSSR count). The van der Waals surface area contributed by atoms with Gasteiger partial charge in [-0.25, -0.2) is 0 Å². The Balaban J connectivity index is 0.000000123. The van der Waals surface area contributed by atoms with Gasteiger partial charge in [-0.1, -0.05) is 290 Å². The fraction of sp³-hybridized carbons (Fsp3) is 0.229. The number of ether oxygens (including phenoxy) is 1. The normalized spacial score (nSPS) is 19.3. The average molecular weight is 1940 g/mol. The van der Waals surface area contributed by atoms with Crippen molar-refractivity contribution in [3.63, 3.8) is 0 Å². The van der Waals surface area contributed by atoms with Crippen molar-refractivity contribution in [2.24, 2.45) is 0 Å². The minimum Gasteiger partial charge on any atom is -0.359 e. The van der Waals surface area contributed by atoms with E-state index in [0.29, 0.717) is 21.7 Å². The van der Waals surface area contributed by atoms with E-state index < -0.39 is 0 Å². The SMILES string of the molecule is CC12CCC(C)(C1)c1cc(-c3ccc(N(c4ccc(Br)cc4)c4ccc(Br)cc4)c4ccccc34)ccc12.CC12CCC(C)(CC1)c1cc(-c3ccc(N(c4ccc(Br)cc4)c4ccc(Br)cc4)c4ccccc34)ccc12.CCC1(CC)OC(CC)(CC)c2cc(-c3ccc(N(c4ccc(Br)cc4)c4ccc(Br)cc4)c4ccccc34)ccc21. The summed E-state index contributed by atoms with van der Waals surface area (Å²) >= 11 is 21.7. The molecule has 2 atom stereocenters. The van der Waals surface area contributed by atoms with Gasteiger partial charge in [0, 0.05) is 77.1 Å². The van der Waals surface area contributed by atoms with Crippen molar-refractivity contribution >= 4 is 179 Å². The zero-order valence-corrected chi connectivity index (χ0v) is 78.3. The predicted molar refractivity (Wildman–Crippen MR) is 526 cm³/mol. The highest BCUT2D eigenvalue weighted by Crippen LogP contribution is 2.62. The molecule has 1 aliphatic heterocycles. The van der Waals surface area contributed by atoms with Crippen LogP contribution < -0.4 is 14.7 Å². The van der Waals surface area contributed by atoms with Gasteiger partial charge in [0.25, 0.3) is 0 Å². The second kappa shape index (κ2) is 32.6. The Morgan fingerprint density at radius 3 is 0.782 bits per heavy atom. The summed E-state index contributed by atoms with van der Waals surface area (Å²) in [4.78, 5) is 7.06. The third-order valence-corrected chi connectivity index (χ3v) is 30.8. The molecular formula is C109H97Br6N3O. The Morgan fingerprint density at radius 1 is 0.244 bits per heavy atom. The molecule has 4 nitrogen and oxygen atoms in total. The standard InChI is InChI=1S/C38H37Br2NO.C36H31Br2N.C35H29Br2N/c1-5-37(6-2)34-23-13-26(25-35(34)38(7-3,8-4)42-37)31-22-24-36(33-12-10-9-11-32(31)33)41(29-18-14-27(39)15-19-29)30-20-16-28(40)17-21-30;1-35-19-21-36(2,22-20-35)33-23-24(7-17-32(33)35)29-16-18-34(31-6-4-3-5-30(29)31)39(27-12-8-25(37)9-13-27)28-14-10-26(38)11-15-28;1-34-19-20-35(2,22-34)32-21-23(7-17-31(32)34)28-16-18-33(30-6-4-3-5-29(28)30)38(26-12-8-24(36)9-13-26)27-14-10-25(37)11-15-27/h9-25H,5-8H2,1-4H3;3-18,23H,19-22H2,1-2H3;3-18,21H,19-20,22H2,1-2H3. The van der Waals surface area contributed by atoms with Crippen molar-refractivity contribution in [1.82, 2.24) is 0 Å². The Labute approximate surface area is 753 Å².